The zero-order valence-corrected chi connectivity index (χ0v) is 8.85. The van der Waals surface area contributed by atoms with E-state index in [-0.39, 0.29) is 0 Å². The molecule has 2 N–H and O–H groups in total. The number of benzene rings is 1. The van der Waals surface area contributed by atoms with Gasteiger partial charge < -0.3 is 5.11 Å². The summed E-state index contributed by atoms with van der Waals surface area (Å²) in [5.41, 5.74) is 0.826. The second-order valence-electron chi connectivity index (χ2n) is 2.67. The summed E-state index contributed by atoms with van der Waals surface area (Å²) in [6.07, 6.45) is 0. The molecular weight excluding hydrogens is 254 g/mol. The molecule has 1 atom stereocenters. The zero-order valence-electron chi connectivity index (χ0n) is 6.45. The van der Waals surface area contributed by atoms with Gasteiger partial charge in [-0.3, -0.25) is 4.79 Å². The maximum absolute atomic E-state index is 10.8. The Kier molecular flexibility index (Phi) is 2.31. The van der Waals surface area contributed by atoms with Gasteiger partial charge in [0.2, 0.25) is 0 Å². The number of hydrogen-bond acceptors (Lipinski definition) is 3. The monoisotopic (exact) mass is 259 g/mol. The number of halogens is 1. The lowest BCUT2D eigenvalue weighted by Crippen LogP contribution is -2.18. The summed E-state index contributed by atoms with van der Waals surface area (Å²) < 4.78 is 3.75. The van der Waals surface area contributed by atoms with E-state index >= 15 is 0 Å². The minimum atomic E-state index is -0.843. The Bertz CT molecular complexity index is 369. The summed E-state index contributed by atoms with van der Waals surface area (Å²) in [6, 6.07) is 5.05. The molecule has 0 spiro atoms. The van der Waals surface area contributed by atoms with Gasteiger partial charge in [-0.15, -0.1) is 0 Å². The molecule has 0 aromatic heterocycles. The normalized spacial score (nSPS) is 19.9. The van der Waals surface area contributed by atoms with E-state index in [1.165, 1.54) is 11.9 Å². The molecule has 1 aliphatic heterocycles. The van der Waals surface area contributed by atoms with Gasteiger partial charge >= 0.3 is 5.97 Å². The smallest absolute Gasteiger partial charge is 0.326 e. The molecule has 0 aliphatic carbocycles. The maximum atomic E-state index is 10.8. The summed E-state index contributed by atoms with van der Waals surface area (Å²) in [6.45, 7) is 0. The number of rotatable bonds is 1. The number of hydrogen-bond donors (Lipinski definition) is 2. The molecule has 2 rings (SSSR count). The average molecular weight is 260 g/mol. The lowest BCUT2D eigenvalue weighted by atomic mass is 10.1. The van der Waals surface area contributed by atoms with E-state index in [0.717, 1.165) is 14.9 Å². The molecule has 1 heterocycles. The third kappa shape index (κ3) is 1.59. The maximum Gasteiger partial charge on any atom is 0.326 e. The first kappa shape index (κ1) is 9.05. The van der Waals surface area contributed by atoms with Gasteiger partial charge in [-0.1, -0.05) is 15.9 Å². The van der Waals surface area contributed by atoms with E-state index in [4.69, 9.17) is 5.11 Å². The van der Waals surface area contributed by atoms with Gasteiger partial charge in [0.25, 0.3) is 0 Å². The quantitative estimate of drug-likeness (QED) is 0.760. The summed E-state index contributed by atoms with van der Waals surface area (Å²) >= 11 is 4.67. The van der Waals surface area contributed by atoms with Gasteiger partial charge in [0.15, 0.2) is 0 Å². The van der Waals surface area contributed by atoms with E-state index in [1.54, 1.807) is 0 Å². The summed E-state index contributed by atoms with van der Waals surface area (Å²) in [5.74, 6) is -0.843. The van der Waals surface area contributed by atoms with Crippen LogP contribution in [0.2, 0.25) is 0 Å². The minimum Gasteiger partial charge on any atom is -0.480 e. The number of carboxylic acids is 1. The van der Waals surface area contributed by atoms with Crippen LogP contribution in [0.25, 0.3) is 0 Å². The van der Waals surface area contributed by atoms with Crippen molar-refractivity contribution in [1.82, 2.24) is 4.72 Å². The van der Waals surface area contributed by atoms with Crippen molar-refractivity contribution in [3.05, 3.63) is 28.2 Å². The molecule has 3 nitrogen and oxygen atoms in total. The number of carbonyl (C=O) groups is 1. The summed E-state index contributed by atoms with van der Waals surface area (Å²) in [4.78, 5) is 11.8. The van der Waals surface area contributed by atoms with Crippen molar-refractivity contribution in [2.24, 2.45) is 0 Å². The second-order valence-corrected chi connectivity index (χ2v) is 4.47. The van der Waals surface area contributed by atoms with Crippen LogP contribution in [-0.4, -0.2) is 11.1 Å². The Morgan fingerprint density at radius 3 is 3.08 bits per heavy atom. The summed E-state index contributed by atoms with van der Waals surface area (Å²) in [5, 5.41) is 8.86. The molecule has 1 unspecified atom stereocenters. The Morgan fingerprint density at radius 1 is 1.62 bits per heavy atom. The molecule has 68 valence electrons. The molecule has 0 bridgehead atoms. The zero-order chi connectivity index (χ0) is 9.42. The Balaban J connectivity index is 2.46. The third-order valence-electron chi connectivity index (χ3n) is 1.82. The highest BCUT2D eigenvalue weighted by Gasteiger charge is 2.28. The average Bonchev–Trinajstić information content (AvgIpc) is 2.46. The third-order valence-corrected chi connectivity index (χ3v) is 3.26. The number of aliphatic carboxylic acids is 1. The van der Waals surface area contributed by atoms with Crippen molar-refractivity contribution >= 4 is 33.8 Å². The number of nitrogens with one attached hydrogen (secondary N) is 1. The first-order valence-electron chi connectivity index (χ1n) is 3.63. The first-order chi connectivity index (χ1) is 6.18. The van der Waals surface area contributed by atoms with Crippen molar-refractivity contribution in [2.45, 2.75) is 10.9 Å². The van der Waals surface area contributed by atoms with E-state index in [0.29, 0.717) is 0 Å². The predicted molar refractivity (Wildman–Crippen MR) is 53.5 cm³/mol. The van der Waals surface area contributed by atoms with Crippen LogP contribution in [0.3, 0.4) is 0 Å². The molecule has 0 amide bonds. The predicted octanol–water partition coefficient (Wildman–Crippen LogP) is 2.19. The molecule has 1 aromatic carbocycles. The lowest BCUT2D eigenvalue weighted by Gasteiger charge is -2.04. The fraction of sp³-hybridized carbons (Fsp3) is 0.125. The molecule has 0 fully saturated rings. The highest BCUT2D eigenvalue weighted by molar-refractivity contribution is 9.10. The van der Waals surface area contributed by atoms with Crippen LogP contribution in [-0.2, 0) is 4.79 Å². The topological polar surface area (TPSA) is 49.3 Å². The molecule has 0 saturated carbocycles. The highest BCUT2D eigenvalue weighted by Crippen LogP contribution is 2.36. The standard InChI is InChI=1S/C8H6BrNO2S/c9-4-1-2-6-5(3-4)7(8(11)12)10-13-6/h1-3,7,10H,(H,11,12). The summed E-state index contributed by atoms with van der Waals surface area (Å²) in [7, 11) is 0. The van der Waals surface area contributed by atoms with Gasteiger partial charge in [-0.2, -0.15) is 0 Å². The Labute approximate surface area is 87.8 Å². The lowest BCUT2D eigenvalue weighted by molar-refractivity contribution is -0.139. The van der Waals surface area contributed by atoms with Crippen LogP contribution >= 0.6 is 27.9 Å². The van der Waals surface area contributed by atoms with Crippen molar-refractivity contribution in [3.63, 3.8) is 0 Å². The van der Waals surface area contributed by atoms with E-state index < -0.39 is 12.0 Å². The van der Waals surface area contributed by atoms with Crippen LogP contribution < -0.4 is 4.72 Å². The number of fused-ring (bicyclic) bond motifs is 1. The molecule has 0 radical (unpaired) electrons. The van der Waals surface area contributed by atoms with Crippen LogP contribution in [0.4, 0.5) is 0 Å². The molecule has 1 aliphatic rings. The van der Waals surface area contributed by atoms with Gasteiger partial charge in [0.05, 0.1) is 0 Å². The van der Waals surface area contributed by atoms with Crippen molar-refractivity contribution < 1.29 is 9.90 Å². The molecule has 0 saturated heterocycles. The van der Waals surface area contributed by atoms with Gasteiger partial charge in [-0.05, 0) is 35.7 Å². The fourth-order valence-corrected chi connectivity index (χ4v) is 2.49. The van der Waals surface area contributed by atoms with Crippen LogP contribution in [0.5, 0.6) is 0 Å². The van der Waals surface area contributed by atoms with Gasteiger partial charge in [0.1, 0.15) is 6.04 Å². The Morgan fingerprint density at radius 2 is 2.38 bits per heavy atom. The van der Waals surface area contributed by atoms with Crippen LogP contribution in [0, 0.1) is 0 Å². The van der Waals surface area contributed by atoms with Gasteiger partial charge in [-0.25, -0.2) is 4.72 Å². The SMILES string of the molecule is O=C(O)C1NSc2ccc(Br)cc21. The molecule has 5 heteroatoms. The largest absolute Gasteiger partial charge is 0.480 e. The van der Waals surface area contributed by atoms with Crippen molar-refractivity contribution in [2.75, 3.05) is 0 Å². The highest BCUT2D eigenvalue weighted by atomic mass is 79.9. The van der Waals surface area contributed by atoms with Crippen molar-refractivity contribution in [1.29, 1.82) is 0 Å². The first-order valence-corrected chi connectivity index (χ1v) is 5.24. The molecular formula is C8H6BrNO2S. The minimum absolute atomic E-state index is 0.586. The van der Waals surface area contributed by atoms with Gasteiger partial charge in [0, 0.05) is 9.37 Å². The van der Waals surface area contributed by atoms with Crippen molar-refractivity contribution in [3.8, 4) is 0 Å². The van der Waals surface area contributed by atoms with Crippen LogP contribution in [0.1, 0.15) is 11.6 Å². The second kappa shape index (κ2) is 3.32. The van der Waals surface area contributed by atoms with E-state index in [9.17, 15) is 4.79 Å². The molecule has 13 heavy (non-hydrogen) atoms. The van der Waals surface area contributed by atoms with E-state index in [2.05, 4.69) is 20.7 Å². The molecule has 1 aromatic rings. The number of carboxylic acid groups (broad SMARTS) is 1. The fourth-order valence-electron chi connectivity index (χ4n) is 1.21. The van der Waals surface area contributed by atoms with Crippen LogP contribution in [0.15, 0.2) is 27.6 Å². The Hall–Kier alpha value is -0.520. The van der Waals surface area contributed by atoms with E-state index in [1.807, 2.05) is 18.2 Å².